The third-order valence-electron chi connectivity index (χ3n) is 4.49. The molecule has 0 aromatic heterocycles. The van der Waals surface area contributed by atoms with Gasteiger partial charge in [0, 0.05) is 18.9 Å². The van der Waals surface area contributed by atoms with Crippen LogP contribution in [0.1, 0.15) is 48.2 Å². The Balaban J connectivity index is 2.36. The van der Waals surface area contributed by atoms with Gasteiger partial charge in [0.25, 0.3) is 0 Å². The number of carbonyl (C=O) groups excluding carboxylic acids is 1. The molecule has 0 heterocycles. The highest BCUT2D eigenvalue weighted by molar-refractivity contribution is 6.33. The predicted molar refractivity (Wildman–Crippen MR) is 126 cm³/mol. The summed E-state index contributed by atoms with van der Waals surface area (Å²) in [5, 5.41) is 24.6. The normalized spacial score (nSPS) is 12.5. The van der Waals surface area contributed by atoms with Crippen LogP contribution in [0.2, 0.25) is 5.02 Å². The number of allylic oxidation sites excluding steroid dienone is 2. The van der Waals surface area contributed by atoms with Gasteiger partial charge in [0.15, 0.2) is 0 Å². The molecule has 6 nitrogen and oxygen atoms in total. The van der Waals surface area contributed by atoms with Gasteiger partial charge in [-0.05, 0) is 30.5 Å². The van der Waals surface area contributed by atoms with Crippen molar-refractivity contribution in [2.24, 2.45) is 5.16 Å². The van der Waals surface area contributed by atoms with Crippen molar-refractivity contribution in [3.8, 4) is 11.5 Å². The fraction of sp³-hybridized carbons (Fsp3) is 0.280. The largest absolute Gasteiger partial charge is 0.507 e. The predicted octanol–water partition coefficient (Wildman–Crippen LogP) is 5.95. The van der Waals surface area contributed by atoms with E-state index in [-0.39, 0.29) is 34.9 Å². The molecule has 0 saturated heterocycles. The van der Waals surface area contributed by atoms with Crippen LogP contribution in [0.4, 0.5) is 0 Å². The fourth-order valence-corrected chi connectivity index (χ4v) is 3.14. The molecule has 0 aliphatic rings. The summed E-state index contributed by atoms with van der Waals surface area (Å²) in [4.78, 5) is 18.3. The van der Waals surface area contributed by atoms with Gasteiger partial charge in [-0.2, -0.15) is 0 Å². The second-order valence-electron chi connectivity index (χ2n) is 7.15. The summed E-state index contributed by atoms with van der Waals surface area (Å²) in [6.45, 7) is 7.57. The highest BCUT2D eigenvalue weighted by Crippen LogP contribution is 2.37. The van der Waals surface area contributed by atoms with Crippen molar-refractivity contribution in [2.45, 2.75) is 45.8 Å². The van der Waals surface area contributed by atoms with Gasteiger partial charge in [-0.15, -0.1) is 6.58 Å². The van der Waals surface area contributed by atoms with E-state index in [1.54, 1.807) is 19.1 Å². The SMILES string of the molecule is C=CC[C@@H](C)OC(=O)c1c(O)cc(O)c(Cl)c1CC(/C=C/CC)=N/OCc1ccccc1. The number of carbonyl (C=O) groups is 1. The molecular formula is C25H28ClNO5. The molecule has 2 aromatic carbocycles. The molecule has 0 radical (unpaired) electrons. The average molecular weight is 458 g/mol. The zero-order chi connectivity index (χ0) is 23.5. The molecular weight excluding hydrogens is 430 g/mol. The molecule has 2 rings (SSSR count). The summed E-state index contributed by atoms with van der Waals surface area (Å²) in [7, 11) is 0. The summed E-state index contributed by atoms with van der Waals surface area (Å²) in [5.41, 5.74) is 1.48. The summed E-state index contributed by atoms with van der Waals surface area (Å²) in [6, 6.07) is 10.6. The number of esters is 1. The van der Waals surface area contributed by atoms with E-state index in [0.717, 1.165) is 18.1 Å². The Morgan fingerprint density at radius 3 is 2.62 bits per heavy atom. The Morgan fingerprint density at radius 1 is 1.25 bits per heavy atom. The van der Waals surface area contributed by atoms with Crippen molar-refractivity contribution < 1.29 is 24.6 Å². The quantitative estimate of drug-likeness (QED) is 0.188. The van der Waals surface area contributed by atoms with E-state index in [4.69, 9.17) is 21.2 Å². The minimum atomic E-state index is -0.752. The van der Waals surface area contributed by atoms with Crippen LogP contribution in [-0.4, -0.2) is 28.0 Å². The molecule has 0 amide bonds. The second kappa shape index (κ2) is 12.6. The van der Waals surface area contributed by atoms with Gasteiger partial charge in [0.2, 0.25) is 0 Å². The summed E-state index contributed by atoms with van der Waals surface area (Å²) in [6.07, 6.45) is 6.06. The van der Waals surface area contributed by atoms with Gasteiger partial charge in [-0.1, -0.05) is 66.2 Å². The number of halogens is 1. The molecule has 0 unspecified atom stereocenters. The standard InChI is InChI=1S/C25H28ClNO5/c1-4-6-13-19(27-31-16-18-11-8-7-9-12-18)14-20-23(21(28)15-22(29)24(20)26)25(30)32-17(3)10-5-2/h5-9,11-13,15,17,28-29H,2,4,10,14,16H2,1,3H3/b13-6+,27-19+/t17-/m1/s1. The summed E-state index contributed by atoms with van der Waals surface area (Å²) >= 11 is 6.32. The van der Waals surface area contributed by atoms with Crippen LogP contribution >= 0.6 is 11.6 Å². The number of hydrogen-bond acceptors (Lipinski definition) is 6. The van der Waals surface area contributed by atoms with Crippen molar-refractivity contribution in [1.82, 2.24) is 0 Å². The van der Waals surface area contributed by atoms with E-state index >= 15 is 0 Å². The molecule has 0 spiro atoms. The van der Waals surface area contributed by atoms with Crippen molar-refractivity contribution in [1.29, 1.82) is 0 Å². The molecule has 7 heteroatoms. The molecule has 170 valence electrons. The number of nitrogens with zero attached hydrogens (tertiary/aromatic N) is 1. The van der Waals surface area contributed by atoms with E-state index in [1.807, 2.05) is 43.3 Å². The first-order chi connectivity index (χ1) is 15.4. The zero-order valence-corrected chi connectivity index (χ0v) is 19.0. The van der Waals surface area contributed by atoms with Crippen LogP contribution in [0.3, 0.4) is 0 Å². The lowest BCUT2D eigenvalue weighted by Crippen LogP contribution is -2.17. The minimum absolute atomic E-state index is 0.0341. The molecule has 0 aliphatic carbocycles. The molecule has 32 heavy (non-hydrogen) atoms. The second-order valence-corrected chi connectivity index (χ2v) is 7.53. The first-order valence-corrected chi connectivity index (χ1v) is 10.7. The van der Waals surface area contributed by atoms with Crippen molar-refractivity contribution in [3.63, 3.8) is 0 Å². The van der Waals surface area contributed by atoms with Crippen LogP contribution in [-0.2, 0) is 22.6 Å². The first-order valence-electron chi connectivity index (χ1n) is 10.3. The maximum absolute atomic E-state index is 12.8. The Hall–Kier alpha value is -3.25. The third-order valence-corrected chi connectivity index (χ3v) is 4.91. The maximum Gasteiger partial charge on any atom is 0.342 e. The van der Waals surface area contributed by atoms with E-state index < -0.39 is 17.8 Å². The highest BCUT2D eigenvalue weighted by atomic mass is 35.5. The number of phenols is 2. The molecule has 0 bridgehead atoms. The van der Waals surface area contributed by atoms with Gasteiger partial charge >= 0.3 is 5.97 Å². The van der Waals surface area contributed by atoms with Crippen LogP contribution < -0.4 is 0 Å². The molecule has 2 N–H and O–H groups in total. The van der Waals surface area contributed by atoms with Gasteiger partial charge in [0.05, 0.1) is 10.7 Å². The van der Waals surface area contributed by atoms with E-state index in [0.29, 0.717) is 12.1 Å². The first kappa shape index (κ1) is 25.0. The smallest absolute Gasteiger partial charge is 0.342 e. The van der Waals surface area contributed by atoms with E-state index in [2.05, 4.69) is 11.7 Å². The Morgan fingerprint density at radius 2 is 1.97 bits per heavy atom. The van der Waals surface area contributed by atoms with E-state index in [1.165, 1.54) is 0 Å². The van der Waals surface area contributed by atoms with Gasteiger partial charge in [0.1, 0.15) is 29.8 Å². The van der Waals surface area contributed by atoms with Crippen LogP contribution in [0.25, 0.3) is 0 Å². The van der Waals surface area contributed by atoms with Crippen LogP contribution in [0.5, 0.6) is 11.5 Å². The number of aromatic hydroxyl groups is 2. The number of phenolic OH excluding ortho intramolecular Hbond substituents is 2. The molecule has 2 aromatic rings. The van der Waals surface area contributed by atoms with Crippen molar-refractivity contribution in [3.05, 3.63) is 82.9 Å². The number of benzene rings is 2. The lowest BCUT2D eigenvalue weighted by Gasteiger charge is -2.17. The Bertz CT molecular complexity index is 986. The molecule has 0 saturated carbocycles. The number of ether oxygens (including phenoxy) is 1. The monoisotopic (exact) mass is 457 g/mol. The third kappa shape index (κ3) is 7.17. The van der Waals surface area contributed by atoms with E-state index in [9.17, 15) is 15.0 Å². The lowest BCUT2D eigenvalue weighted by atomic mass is 9.99. The van der Waals surface area contributed by atoms with Crippen molar-refractivity contribution >= 4 is 23.3 Å². The number of rotatable bonds is 11. The fourth-order valence-electron chi connectivity index (χ4n) is 2.92. The highest BCUT2D eigenvalue weighted by Gasteiger charge is 2.25. The van der Waals surface area contributed by atoms with Crippen molar-refractivity contribution in [2.75, 3.05) is 0 Å². The van der Waals surface area contributed by atoms with Crippen LogP contribution in [0.15, 0.2) is 66.4 Å². The molecule has 0 aliphatic heterocycles. The summed E-state index contributed by atoms with van der Waals surface area (Å²) < 4.78 is 5.40. The Kier molecular flexibility index (Phi) is 9.82. The minimum Gasteiger partial charge on any atom is -0.507 e. The molecule has 0 fully saturated rings. The van der Waals surface area contributed by atoms with Crippen LogP contribution in [0, 0.1) is 0 Å². The molecule has 1 atom stereocenters. The van der Waals surface area contributed by atoms with Gasteiger partial charge < -0.3 is 19.8 Å². The number of hydrogen-bond donors (Lipinski definition) is 2. The average Bonchev–Trinajstić information content (AvgIpc) is 2.76. The maximum atomic E-state index is 12.8. The van der Waals surface area contributed by atoms with Gasteiger partial charge in [-0.25, -0.2) is 4.79 Å². The zero-order valence-electron chi connectivity index (χ0n) is 18.3. The summed E-state index contributed by atoms with van der Waals surface area (Å²) in [5.74, 6) is -1.53. The lowest BCUT2D eigenvalue weighted by molar-refractivity contribution is 0.0344. The number of oxime groups is 1. The Labute approximate surface area is 193 Å². The topological polar surface area (TPSA) is 88.4 Å². The van der Waals surface area contributed by atoms with Gasteiger partial charge in [-0.3, -0.25) is 0 Å².